The van der Waals surface area contributed by atoms with Crippen LogP contribution in [0.3, 0.4) is 0 Å². The summed E-state index contributed by atoms with van der Waals surface area (Å²) in [7, 11) is 0. The van der Waals surface area contributed by atoms with Crippen LogP contribution in [0.5, 0.6) is 0 Å². The molecule has 0 atom stereocenters. The smallest absolute Gasteiger partial charge is 0.228 e. The molecule has 0 bridgehead atoms. The maximum Gasteiger partial charge on any atom is 0.228 e. The van der Waals surface area contributed by atoms with E-state index in [-0.39, 0.29) is 5.91 Å². The molecule has 0 aliphatic carbocycles. The zero-order valence-corrected chi connectivity index (χ0v) is 15.2. The number of anilines is 1. The Balaban J connectivity index is 1.91. The molecule has 1 aromatic heterocycles. The number of fused-ring (bicyclic) bond motifs is 1. The third kappa shape index (κ3) is 4.02. The summed E-state index contributed by atoms with van der Waals surface area (Å²) in [4.78, 5) is 16.5. The number of aromatic nitrogens is 1. The van der Waals surface area contributed by atoms with E-state index in [1.807, 2.05) is 18.2 Å². The van der Waals surface area contributed by atoms with Crippen LogP contribution in [0.1, 0.15) is 38.7 Å². The Labute approximate surface area is 152 Å². The number of aryl methyl sites for hydroxylation is 1. The molecule has 0 unspecified atom stereocenters. The first-order chi connectivity index (χ1) is 12.1. The van der Waals surface area contributed by atoms with E-state index in [1.165, 1.54) is 5.56 Å². The van der Waals surface area contributed by atoms with Crippen LogP contribution in [0.4, 0.5) is 5.69 Å². The molecule has 3 rings (SSSR count). The largest absolute Gasteiger partial charge is 0.436 e. The lowest BCUT2D eigenvalue weighted by Gasteiger charge is -2.07. The molecule has 0 saturated heterocycles. The van der Waals surface area contributed by atoms with Crippen LogP contribution in [0, 0.1) is 0 Å². The Hall–Kier alpha value is -2.33. The highest BCUT2D eigenvalue weighted by molar-refractivity contribution is 6.33. The van der Waals surface area contributed by atoms with Crippen LogP contribution in [0.25, 0.3) is 22.6 Å². The van der Waals surface area contributed by atoms with Gasteiger partial charge in [0.1, 0.15) is 5.52 Å². The second-order valence-corrected chi connectivity index (χ2v) is 6.43. The highest BCUT2D eigenvalue weighted by Gasteiger charge is 2.13. The van der Waals surface area contributed by atoms with Crippen molar-refractivity contribution in [2.45, 2.75) is 39.5 Å². The minimum Gasteiger partial charge on any atom is -0.436 e. The van der Waals surface area contributed by atoms with E-state index >= 15 is 0 Å². The number of nitrogens with zero attached hydrogens (tertiary/aromatic N) is 1. The van der Waals surface area contributed by atoms with Gasteiger partial charge in [-0.15, -0.1) is 0 Å². The molecular weight excluding hydrogens is 336 g/mol. The summed E-state index contributed by atoms with van der Waals surface area (Å²) in [5, 5.41) is 3.44. The predicted octanol–water partition coefficient (Wildman–Crippen LogP) is 5.84. The maximum atomic E-state index is 11.9. The molecule has 1 N–H and O–H groups in total. The number of amides is 1. The average Bonchev–Trinajstić information content (AvgIpc) is 3.04. The summed E-state index contributed by atoms with van der Waals surface area (Å²) >= 11 is 6.32. The van der Waals surface area contributed by atoms with Crippen molar-refractivity contribution in [3.8, 4) is 11.5 Å². The minimum atomic E-state index is 0.000255. The molecule has 2 aromatic carbocycles. The number of rotatable bonds is 6. The molecule has 0 aliphatic rings. The fraction of sp³-hybridized carbons (Fsp3) is 0.300. The van der Waals surface area contributed by atoms with Crippen molar-refractivity contribution in [1.82, 2.24) is 4.98 Å². The normalized spacial score (nSPS) is 11.0. The van der Waals surface area contributed by atoms with E-state index in [4.69, 9.17) is 16.0 Å². The summed E-state index contributed by atoms with van der Waals surface area (Å²) < 4.78 is 5.85. The van der Waals surface area contributed by atoms with Crippen LogP contribution in [0.2, 0.25) is 5.02 Å². The van der Waals surface area contributed by atoms with Gasteiger partial charge in [-0.05, 0) is 48.7 Å². The van der Waals surface area contributed by atoms with E-state index in [9.17, 15) is 4.79 Å². The standard InChI is InChI=1S/C20H21ClN2O2/c1-3-5-6-19(24)22-14-8-9-16(21)15(12-14)20-23-17-11-13(4-2)7-10-18(17)25-20/h7-12H,3-6H2,1-2H3,(H,22,24). The van der Waals surface area contributed by atoms with E-state index in [1.54, 1.807) is 18.2 Å². The molecule has 0 fully saturated rings. The van der Waals surface area contributed by atoms with Crippen LogP contribution < -0.4 is 5.32 Å². The third-order valence-electron chi connectivity index (χ3n) is 4.10. The number of benzene rings is 2. The van der Waals surface area contributed by atoms with Gasteiger partial charge in [0.2, 0.25) is 11.8 Å². The highest BCUT2D eigenvalue weighted by Crippen LogP contribution is 2.32. The van der Waals surface area contributed by atoms with Gasteiger partial charge >= 0.3 is 0 Å². The van der Waals surface area contributed by atoms with Crippen molar-refractivity contribution in [3.05, 3.63) is 47.0 Å². The Bertz CT molecular complexity index is 902. The molecule has 25 heavy (non-hydrogen) atoms. The molecule has 4 nitrogen and oxygen atoms in total. The molecule has 5 heteroatoms. The lowest BCUT2D eigenvalue weighted by Crippen LogP contribution is -2.10. The van der Waals surface area contributed by atoms with Crippen LogP contribution in [-0.4, -0.2) is 10.9 Å². The van der Waals surface area contributed by atoms with Crippen LogP contribution in [-0.2, 0) is 11.2 Å². The predicted molar refractivity (Wildman–Crippen MR) is 102 cm³/mol. The van der Waals surface area contributed by atoms with Crippen molar-refractivity contribution < 1.29 is 9.21 Å². The van der Waals surface area contributed by atoms with Gasteiger partial charge < -0.3 is 9.73 Å². The monoisotopic (exact) mass is 356 g/mol. The van der Waals surface area contributed by atoms with Gasteiger partial charge in [0.25, 0.3) is 0 Å². The number of hydrogen-bond acceptors (Lipinski definition) is 3. The van der Waals surface area contributed by atoms with Gasteiger partial charge in [-0.3, -0.25) is 4.79 Å². The van der Waals surface area contributed by atoms with Gasteiger partial charge in [-0.25, -0.2) is 4.98 Å². The van der Waals surface area contributed by atoms with E-state index in [2.05, 4.69) is 24.1 Å². The van der Waals surface area contributed by atoms with Crippen molar-refractivity contribution in [3.63, 3.8) is 0 Å². The zero-order valence-electron chi connectivity index (χ0n) is 14.4. The Kier molecular flexibility index (Phi) is 5.39. The van der Waals surface area contributed by atoms with Gasteiger partial charge in [0.15, 0.2) is 5.58 Å². The topological polar surface area (TPSA) is 55.1 Å². The van der Waals surface area contributed by atoms with Crippen LogP contribution >= 0.6 is 11.6 Å². The number of carbonyl (C=O) groups excluding carboxylic acids is 1. The second-order valence-electron chi connectivity index (χ2n) is 6.02. The minimum absolute atomic E-state index is 0.000255. The highest BCUT2D eigenvalue weighted by atomic mass is 35.5. The fourth-order valence-electron chi connectivity index (χ4n) is 2.64. The van der Waals surface area contributed by atoms with Gasteiger partial charge in [-0.1, -0.05) is 37.9 Å². The summed E-state index contributed by atoms with van der Waals surface area (Å²) in [5.41, 5.74) is 4.10. The van der Waals surface area contributed by atoms with Gasteiger partial charge in [0.05, 0.1) is 10.6 Å². The second kappa shape index (κ2) is 7.70. The first-order valence-corrected chi connectivity index (χ1v) is 8.97. The van der Waals surface area contributed by atoms with Crippen molar-refractivity contribution in [2.75, 3.05) is 5.32 Å². The molecule has 1 amide bonds. The third-order valence-corrected chi connectivity index (χ3v) is 4.43. The summed E-state index contributed by atoms with van der Waals surface area (Å²) in [6.07, 6.45) is 3.31. The molecule has 3 aromatic rings. The lowest BCUT2D eigenvalue weighted by molar-refractivity contribution is -0.116. The van der Waals surface area contributed by atoms with E-state index in [0.29, 0.717) is 28.6 Å². The number of unbranched alkanes of at least 4 members (excludes halogenated alkanes) is 1. The zero-order chi connectivity index (χ0) is 17.8. The summed E-state index contributed by atoms with van der Waals surface area (Å²) in [5.74, 6) is 0.457. The maximum absolute atomic E-state index is 11.9. The molecule has 0 aliphatic heterocycles. The number of halogens is 1. The summed E-state index contributed by atoms with van der Waals surface area (Å²) in [6, 6.07) is 11.3. The number of nitrogens with one attached hydrogen (secondary N) is 1. The Morgan fingerprint density at radius 2 is 2.04 bits per heavy atom. The van der Waals surface area contributed by atoms with Crippen molar-refractivity contribution in [1.29, 1.82) is 0 Å². The van der Waals surface area contributed by atoms with Gasteiger partial charge in [-0.2, -0.15) is 0 Å². The first-order valence-electron chi connectivity index (χ1n) is 8.60. The number of hydrogen-bond donors (Lipinski definition) is 1. The average molecular weight is 357 g/mol. The Morgan fingerprint density at radius 3 is 2.80 bits per heavy atom. The van der Waals surface area contributed by atoms with Crippen molar-refractivity contribution in [2.24, 2.45) is 0 Å². The first kappa shape index (κ1) is 17.5. The van der Waals surface area contributed by atoms with Gasteiger partial charge in [0, 0.05) is 12.1 Å². The quantitative estimate of drug-likeness (QED) is 0.603. The molecule has 1 heterocycles. The van der Waals surface area contributed by atoms with E-state index < -0.39 is 0 Å². The molecule has 0 spiro atoms. The number of carbonyl (C=O) groups is 1. The van der Waals surface area contributed by atoms with Crippen LogP contribution in [0.15, 0.2) is 40.8 Å². The SMILES string of the molecule is CCCCC(=O)Nc1ccc(Cl)c(-c2nc3cc(CC)ccc3o2)c1. The molecular formula is C20H21ClN2O2. The summed E-state index contributed by atoms with van der Waals surface area (Å²) in [6.45, 7) is 4.16. The lowest BCUT2D eigenvalue weighted by atomic mass is 10.1. The number of oxazole rings is 1. The Morgan fingerprint density at radius 1 is 1.20 bits per heavy atom. The molecule has 0 radical (unpaired) electrons. The molecule has 0 saturated carbocycles. The van der Waals surface area contributed by atoms with E-state index in [0.717, 1.165) is 30.4 Å². The molecule has 130 valence electrons. The van der Waals surface area contributed by atoms with Crippen molar-refractivity contribution >= 4 is 34.3 Å². The fourth-order valence-corrected chi connectivity index (χ4v) is 2.83.